The van der Waals surface area contributed by atoms with Crippen LogP contribution in [0.4, 0.5) is 4.39 Å². The topological polar surface area (TPSA) is 93.8 Å². The van der Waals surface area contributed by atoms with Crippen LogP contribution >= 0.6 is 0 Å². The molecule has 2 rings (SSSR count). The number of benzene rings is 1. The standard InChI is InChI=1S/C15H15FN4O2/c1-2-13(21)15(19-14(17)12-7-8-22-20-12)18-9-10-5-3-4-6-11(10)16/h3-8H,2,9H2,1H3,(H2,17,18,19). The molecule has 0 aliphatic rings. The summed E-state index contributed by atoms with van der Waals surface area (Å²) in [6.07, 6.45) is 1.56. The van der Waals surface area contributed by atoms with Crippen LogP contribution < -0.4 is 5.73 Å². The summed E-state index contributed by atoms with van der Waals surface area (Å²) in [6.45, 7) is 1.69. The molecule has 2 N–H and O–H groups in total. The van der Waals surface area contributed by atoms with E-state index in [2.05, 4.69) is 19.7 Å². The number of halogens is 1. The number of ketones is 1. The Hall–Kier alpha value is -2.83. The fourth-order valence-electron chi connectivity index (χ4n) is 1.65. The monoisotopic (exact) mass is 302 g/mol. The molecule has 0 amide bonds. The zero-order valence-corrected chi connectivity index (χ0v) is 12.0. The van der Waals surface area contributed by atoms with E-state index < -0.39 is 0 Å². The summed E-state index contributed by atoms with van der Waals surface area (Å²) >= 11 is 0. The van der Waals surface area contributed by atoms with E-state index in [1.54, 1.807) is 25.1 Å². The average Bonchev–Trinajstić information content (AvgIpc) is 3.06. The molecule has 0 saturated carbocycles. The van der Waals surface area contributed by atoms with Crippen LogP contribution in [0.5, 0.6) is 0 Å². The second kappa shape index (κ2) is 7.26. The van der Waals surface area contributed by atoms with Crippen molar-refractivity contribution in [2.45, 2.75) is 19.9 Å². The Bertz CT molecular complexity index is 708. The van der Waals surface area contributed by atoms with Crippen molar-refractivity contribution in [3.05, 3.63) is 53.7 Å². The van der Waals surface area contributed by atoms with Crippen molar-refractivity contribution in [2.75, 3.05) is 0 Å². The van der Waals surface area contributed by atoms with Gasteiger partial charge >= 0.3 is 0 Å². The first-order valence-corrected chi connectivity index (χ1v) is 6.67. The summed E-state index contributed by atoms with van der Waals surface area (Å²) in [4.78, 5) is 20.0. The molecule has 6 nitrogen and oxygen atoms in total. The molecule has 0 fully saturated rings. The highest BCUT2D eigenvalue weighted by Crippen LogP contribution is 2.08. The fraction of sp³-hybridized carbons (Fsp3) is 0.200. The number of hydrogen-bond acceptors (Lipinski definition) is 4. The quantitative estimate of drug-likeness (QED) is 0.676. The number of Topliss-reactive ketones (excluding diaryl/α,β-unsaturated/α-hetero) is 1. The van der Waals surface area contributed by atoms with Crippen LogP contribution in [0, 0.1) is 5.82 Å². The van der Waals surface area contributed by atoms with Gasteiger partial charge in [0, 0.05) is 18.1 Å². The van der Waals surface area contributed by atoms with Gasteiger partial charge in [0.05, 0.1) is 6.54 Å². The van der Waals surface area contributed by atoms with E-state index in [0.717, 1.165) is 0 Å². The zero-order chi connectivity index (χ0) is 15.9. The minimum Gasteiger partial charge on any atom is -0.382 e. The highest BCUT2D eigenvalue weighted by molar-refractivity contribution is 6.41. The number of amidine groups is 2. The Morgan fingerprint density at radius 2 is 2.14 bits per heavy atom. The van der Waals surface area contributed by atoms with Crippen LogP contribution in [-0.2, 0) is 11.3 Å². The third-order valence-corrected chi connectivity index (χ3v) is 2.85. The van der Waals surface area contributed by atoms with E-state index in [1.165, 1.54) is 18.4 Å². The first kappa shape index (κ1) is 15.6. The highest BCUT2D eigenvalue weighted by atomic mass is 19.1. The van der Waals surface area contributed by atoms with Crippen LogP contribution in [0.25, 0.3) is 0 Å². The molecular weight excluding hydrogens is 287 g/mol. The van der Waals surface area contributed by atoms with E-state index in [4.69, 9.17) is 5.73 Å². The SMILES string of the molecule is CCC(=O)C(=NCc1ccccc1F)N=C(N)c1ccon1. The van der Waals surface area contributed by atoms with Gasteiger partial charge in [-0.15, -0.1) is 0 Å². The van der Waals surface area contributed by atoms with E-state index in [0.29, 0.717) is 11.3 Å². The molecule has 2 aromatic rings. The highest BCUT2D eigenvalue weighted by Gasteiger charge is 2.11. The summed E-state index contributed by atoms with van der Waals surface area (Å²) < 4.78 is 18.2. The van der Waals surface area contributed by atoms with Gasteiger partial charge in [0.15, 0.2) is 17.5 Å². The summed E-state index contributed by atoms with van der Waals surface area (Å²) in [5.41, 5.74) is 6.43. The van der Waals surface area contributed by atoms with Crippen LogP contribution in [0.15, 0.2) is 51.1 Å². The third kappa shape index (κ3) is 3.85. The van der Waals surface area contributed by atoms with Gasteiger partial charge in [0.1, 0.15) is 17.8 Å². The number of hydrogen-bond donors (Lipinski definition) is 1. The lowest BCUT2D eigenvalue weighted by atomic mass is 10.2. The zero-order valence-electron chi connectivity index (χ0n) is 12.0. The Morgan fingerprint density at radius 1 is 1.36 bits per heavy atom. The fourth-order valence-corrected chi connectivity index (χ4v) is 1.65. The van der Waals surface area contributed by atoms with Crippen LogP contribution in [0.1, 0.15) is 24.6 Å². The van der Waals surface area contributed by atoms with Crippen molar-refractivity contribution in [1.82, 2.24) is 5.16 Å². The minimum atomic E-state index is -0.386. The van der Waals surface area contributed by atoms with Gasteiger partial charge in [0.2, 0.25) is 0 Å². The lowest BCUT2D eigenvalue weighted by Gasteiger charge is -2.02. The van der Waals surface area contributed by atoms with E-state index in [9.17, 15) is 9.18 Å². The predicted octanol–water partition coefficient (Wildman–Crippen LogP) is 2.10. The third-order valence-electron chi connectivity index (χ3n) is 2.85. The second-order valence-corrected chi connectivity index (χ2v) is 4.39. The molecule has 0 unspecified atom stereocenters. The van der Waals surface area contributed by atoms with Crippen LogP contribution in [-0.4, -0.2) is 22.6 Å². The Balaban J connectivity index is 2.27. The Labute approximate surface area is 126 Å². The van der Waals surface area contributed by atoms with Gasteiger partial charge in [0.25, 0.3) is 0 Å². The van der Waals surface area contributed by atoms with Crippen molar-refractivity contribution in [3.63, 3.8) is 0 Å². The average molecular weight is 302 g/mol. The number of nitrogens with zero attached hydrogens (tertiary/aromatic N) is 3. The molecule has 7 heteroatoms. The molecule has 0 aliphatic heterocycles. The Kier molecular flexibility index (Phi) is 5.13. The van der Waals surface area contributed by atoms with Crippen molar-refractivity contribution in [2.24, 2.45) is 15.7 Å². The molecule has 1 aromatic heterocycles. The second-order valence-electron chi connectivity index (χ2n) is 4.39. The molecule has 0 saturated heterocycles. The van der Waals surface area contributed by atoms with Crippen molar-refractivity contribution >= 4 is 17.5 Å². The minimum absolute atomic E-state index is 0.00332. The molecule has 1 aromatic carbocycles. The molecule has 1 heterocycles. The molecule has 0 spiro atoms. The molecular formula is C15H15FN4O2. The van der Waals surface area contributed by atoms with E-state index >= 15 is 0 Å². The largest absolute Gasteiger partial charge is 0.382 e. The Morgan fingerprint density at radius 3 is 2.77 bits per heavy atom. The summed E-state index contributed by atoms with van der Waals surface area (Å²) in [5.74, 6) is -0.722. The maximum atomic E-state index is 13.6. The van der Waals surface area contributed by atoms with Crippen molar-refractivity contribution in [3.8, 4) is 0 Å². The van der Waals surface area contributed by atoms with Gasteiger partial charge in [-0.1, -0.05) is 30.3 Å². The summed E-state index contributed by atoms with van der Waals surface area (Å²) in [6, 6.07) is 7.73. The lowest BCUT2D eigenvalue weighted by molar-refractivity contribution is -0.112. The maximum absolute atomic E-state index is 13.6. The van der Waals surface area contributed by atoms with Gasteiger partial charge in [-0.2, -0.15) is 0 Å². The molecule has 0 bridgehead atoms. The smallest absolute Gasteiger partial charge is 0.199 e. The summed E-state index contributed by atoms with van der Waals surface area (Å²) in [5, 5.41) is 3.63. The van der Waals surface area contributed by atoms with Crippen LogP contribution in [0.3, 0.4) is 0 Å². The number of aliphatic imine (C=N–C) groups is 2. The molecule has 22 heavy (non-hydrogen) atoms. The first-order chi connectivity index (χ1) is 10.6. The number of carbonyl (C=O) groups is 1. The van der Waals surface area contributed by atoms with Crippen LogP contribution in [0.2, 0.25) is 0 Å². The molecule has 0 aliphatic carbocycles. The van der Waals surface area contributed by atoms with E-state index in [-0.39, 0.29) is 36.2 Å². The first-order valence-electron chi connectivity index (χ1n) is 6.67. The normalized spacial score (nSPS) is 12.5. The number of rotatable bonds is 5. The van der Waals surface area contributed by atoms with E-state index in [1.807, 2.05) is 0 Å². The maximum Gasteiger partial charge on any atom is 0.199 e. The molecule has 114 valence electrons. The number of carbonyl (C=O) groups excluding carboxylic acids is 1. The summed E-state index contributed by atoms with van der Waals surface area (Å²) in [7, 11) is 0. The van der Waals surface area contributed by atoms with Gasteiger partial charge in [-0.3, -0.25) is 9.79 Å². The molecule has 0 atom stereocenters. The van der Waals surface area contributed by atoms with Crippen molar-refractivity contribution in [1.29, 1.82) is 0 Å². The molecule has 0 radical (unpaired) electrons. The van der Waals surface area contributed by atoms with Gasteiger partial charge < -0.3 is 10.3 Å². The number of aromatic nitrogens is 1. The number of nitrogens with two attached hydrogens (primary N) is 1. The van der Waals surface area contributed by atoms with Crippen molar-refractivity contribution < 1.29 is 13.7 Å². The van der Waals surface area contributed by atoms with Gasteiger partial charge in [-0.25, -0.2) is 9.38 Å². The van der Waals surface area contributed by atoms with Gasteiger partial charge in [-0.05, 0) is 6.07 Å². The lowest BCUT2D eigenvalue weighted by Crippen LogP contribution is -2.20. The predicted molar refractivity (Wildman–Crippen MR) is 80.1 cm³/mol.